The number of nitrogens with zero attached hydrogens (tertiary/aromatic N) is 4. The summed E-state index contributed by atoms with van der Waals surface area (Å²) < 4.78 is 2.63. The molecule has 31 heavy (non-hydrogen) atoms. The van der Waals surface area contributed by atoms with Gasteiger partial charge in [-0.25, -0.2) is 4.98 Å². The van der Waals surface area contributed by atoms with Crippen LogP contribution in [0.25, 0.3) is 27.3 Å². The number of hydrogen-bond donors (Lipinski definition) is 1. The maximum absolute atomic E-state index is 12.3. The summed E-state index contributed by atoms with van der Waals surface area (Å²) in [7, 11) is 0. The van der Waals surface area contributed by atoms with Gasteiger partial charge >= 0.3 is 0 Å². The molecule has 0 bridgehead atoms. The number of benzene rings is 2. The van der Waals surface area contributed by atoms with E-state index < -0.39 is 0 Å². The third-order valence-corrected chi connectivity index (χ3v) is 6.82. The number of aromatic nitrogens is 5. The monoisotopic (exact) mass is 465 g/mol. The highest BCUT2D eigenvalue weighted by atomic mass is 35.5. The van der Waals surface area contributed by atoms with Crippen LogP contribution in [0.3, 0.4) is 0 Å². The van der Waals surface area contributed by atoms with Crippen LogP contribution in [-0.2, 0) is 5.75 Å². The summed E-state index contributed by atoms with van der Waals surface area (Å²) in [6, 6.07) is 17.6. The number of H-pyrrole nitrogens is 1. The molecule has 3 heterocycles. The van der Waals surface area contributed by atoms with E-state index in [1.54, 1.807) is 0 Å². The minimum Gasteiger partial charge on any atom is -0.309 e. The molecule has 0 saturated heterocycles. The van der Waals surface area contributed by atoms with Crippen molar-refractivity contribution in [3.05, 3.63) is 86.7 Å². The molecule has 0 spiro atoms. The van der Waals surface area contributed by atoms with Crippen molar-refractivity contribution in [1.82, 2.24) is 24.7 Å². The lowest BCUT2D eigenvalue weighted by Crippen LogP contribution is -2.09. The van der Waals surface area contributed by atoms with Crippen LogP contribution in [0.15, 0.2) is 69.9 Å². The van der Waals surface area contributed by atoms with E-state index in [4.69, 9.17) is 11.6 Å². The van der Waals surface area contributed by atoms with Crippen LogP contribution in [0.4, 0.5) is 0 Å². The summed E-state index contributed by atoms with van der Waals surface area (Å²) in [5, 5.41) is 12.1. The number of rotatable bonds is 5. The van der Waals surface area contributed by atoms with E-state index >= 15 is 0 Å². The molecule has 0 saturated carbocycles. The summed E-state index contributed by atoms with van der Waals surface area (Å²) in [6.07, 6.45) is 0. The van der Waals surface area contributed by atoms with E-state index in [0.717, 1.165) is 17.1 Å². The second-order valence-corrected chi connectivity index (χ2v) is 9.22. The number of hydrogen-bond acceptors (Lipinski definition) is 6. The first kappa shape index (κ1) is 20.0. The molecule has 0 atom stereocenters. The van der Waals surface area contributed by atoms with Crippen molar-refractivity contribution in [3.63, 3.8) is 0 Å². The van der Waals surface area contributed by atoms with Crippen molar-refractivity contribution in [1.29, 1.82) is 0 Å². The highest BCUT2D eigenvalue weighted by Crippen LogP contribution is 2.30. The molecule has 1 N–H and O–H groups in total. The van der Waals surface area contributed by atoms with Gasteiger partial charge in [0.2, 0.25) is 0 Å². The summed E-state index contributed by atoms with van der Waals surface area (Å²) in [5.41, 5.74) is 3.64. The molecule has 154 valence electrons. The van der Waals surface area contributed by atoms with Crippen molar-refractivity contribution >= 4 is 44.9 Å². The Bertz CT molecular complexity index is 1420. The predicted molar refractivity (Wildman–Crippen MR) is 126 cm³/mol. The van der Waals surface area contributed by atoms with Gasteiger partial charge in [-0.1, -0.05) is 53.2 Å². The molecule has 0 radical (unpaired) electrons. The van der Waals surface area contributed by atoms with Crippen LogP contribution in [0.2, 0.25) is 5.02 Å². The lowest BCUT2D eigenvalue weighted by Gasteiger charge is -2.11. The largest absolute Gasteiger partial charge is 0.309 e. The minimum absolute atomic E-state index is 0.116. The molecule has 0 amide bonds. The van der Waals surface area contributed by atoms with Crippen molar-refractivity contribution < 1.29 is 0 Å². The van der Waals surface area contributed by atoms with Crippen molar-refractivity contribution in [2.45, 2.75) is 17.8 Å². The molecule has 0 aliphatic rings. The first-order chi connectivity index (χ1) is 15.1. The van der Waals surface area contributed by atoms with Gasteiger partial charge < -0.3 is 4.98 Å². The summed E-state index contributed by atoms with van der Waals surface area (Å²) in [4.78, 5) is 19.7. The second-order valence-electron chi connectivity index (χ2n) is 6.92. The molecule has 2 aromatic carbocycles. The number of aromatic amines is 1. The smallest absolute Gasteiger partial charge is 0.268 e. The van der Waals surface area contributed by atoms with Gasteiger partial charge in [-0.05, 0) is 42.6 Å². The van der Waals surface area contributed by atoms with Crippen molar-refractivity contribution in [2.24, 2.45) is 0 Å². The van der Waals surface area contributed by atoms with E-state index in [-0.39, 0.29) is 5.56 Å². The average molecular weight is 466 g/mol. The average Bonchev–Trinajstić information content (AvgIpc) is 3.41. The Morgan fingerprint density at radius 2 is 1.84 bits per heavy atom. The van der Waals surface area contributed by atoms with Crippen LogP contribution in [0.1, 0.15) is 11.4 Å². The summed E-state index contributed by atoms with van der Waals surface area (Å²) in [5.74, 6) is 1.80. The molecule has 0 aliphatic carbocycles. The zero-order valence-electron chi connectivity index (χ0n) is 16.4. The maximum atomic E-state index is 12.3. The van der Waals surface area contributed by atoms with E-state index in [1.807, 2.05) is 71.5 Å². The normalized spacial score (nSPS) is 11.3. The molecule has 3 aromatic heterocycles. The molecule has 0 unspecified atom stereocenters. The summed E-state index contributed by atoms with van der Waals surface area (Å²) >= 11 is 8.95. The Balaban J connectivity index is 1.53. The number of thioether (sulfide) groups is 1. The zero-order valence-corrected chi connectivity index (χ0v) is 18.8. The van der Waals surface area contributed by atoms with E-state index in [2.05, 4.69) is 20.2 Å². The molecule has 9 heteroatoms. The Labute approximate surface area is 191 Å². The van der Waals surface area contributed by atoms with Crippen molar-refractivity contribution in [2.75, 3.05) is 0 Å². The van der Waals surface area contributed by atoms with Gasteiger partial charge in [0.25, 0.3) is 5.56 Å². The Kier molecular flexibility index (Phi) is 5.35. The molecular weight excluding hydrogens is 450 g/mol. The maximum Gasteiger partial charge on any atom is 0.268 e. The standard InChI is InChI=1S/C22H16ClN5OS2/c1-13-2-4-14(5-3-13)20-26-27-22(28(20)16-8-6-15(23)7-9-16)31-12-18-24-17-10-11-30-19(17)21(29)25-18/h2-11H,12H2,1H3,(H,24,25,29). The topological polar surface area (TPSA) is 76.5 Å². The molecule has 0 aliphatic heterocycles. The van der Waals surface area contributed by atoms with Gasteiger partial charge in [0, 0.05) is 16.3 Å². The van der Waals surface area contributed by atoms with Crippen LogP contribution in [0.5, 0.6) is 0 Å². The first-order valence-electron chi connectivity index (χ1n) is 9.46. The SMILES string of the molecule is Cc1ccc(-c2nnc(SCc3nc4ccsc4c(=O)[nH]3)n2-c2ccc(Cl)cc2)cc1. The van der Waals surface area contributed by atoms with E-state index in [0.29, 0.717) is 32.0 Å². The minimum atomic E-state index is -0.116. The fourth-order valence-corrected chi connectivity index (χ4v) is 4.87. The van der Waals surface area contributed by atoms with Gasteiger partial charge in [0.1, 0.15) is 10.5 Å². The van der Waals surface area contributed by atoms with E-state index in [9.17, 15) is 4.79 Å². The third-order valence-electron chi connectivity index (χ3n) is 4.73. The molecule has 5 aromatic rings. The van der Waals surface area contributed by atoms with Crippen LogP contribution >= 0.6 is 34.7 Å². The van der Waals surface area contributed by atoms with E-state index in [1.165, 1.54) is 28.7 Å². The van der Waals surface area contributed by atoms with Gasteiger partial charge in [0.05, 0.1) is 11.3 Å². The third kappa shape index (κ3) is 4.01. The van der Waals surface area contributed by atoms with Crippen LogP contribution in [0, 0.1) is 6.92 Å². The number of aryl methyl sites for hydroxylation is 1. The quantitative estimate of drug-likeness (QED) is 0.347. The predicted octanol–water partition coefficient (Wildman–Crippen LogP) is 5.49. The molecular formula is C22H16ClN5OS2. The van der Waals surface area contributed by atoms with Crippen molar-refractivity contribution in [3.8, 4) is 17.1 Å². The highest BCUT2D eigenvalue weighted by molar-refractivity contribution is 7.98. The second kappa shape index (κ2) is 8.30. The number of nitrogens with one attached hydrogen (secondary N) is 1. The van der Waals surface area contributed by atoms with Gasteiger partial charge in [0.15, 0.2) is 11.0 Å². The lowest BCUT2D eigenvalue weighted by molar-refractivity contribution is 0.883. The fourth-order valence-electron chi connectivity index (χ4n) is 3.20. The van der Waals surface area contributed by atoms with Gasteiger partial charge in [-0.15, -0.1) is 21.5 Å². The lowest BCUT2D eigenvalue weighted by atomic mass is 10.1. The van der Waals surface area contributed by atoms with Gasteiger partial charge in [-0.3, -0.25) is 9.36 Å². The number of thiophene rings is 1. The molecule has 5 rings (SSSR count). The Morgan fingerprint density at radius 3 is 2.61 bits per heavy atom. The zero-order chi connectivity index (χ0) is 21.4. The van der Waals surface area contributed by atoms with Gasteiger partial charge in [-0.2, -0.15) is 0 Å². The molecule has 0 fully saturated rings. The Morgan fingerprint density at radius 1 is 1.06 bits per heavy atom. The van der Waals surface area contributed by atoms with Crippen LogP contribution < -0.4 is 5.56 Å². The fraction of sp³-hybridized carbons (Fsp3) is 0.0909. The van der Waals surface area contributed by atoms with Crippen LogP contribution in [-0.4, -0.2) is 24.7 Å². The highest BCUT2D eigenvalue weighted by Gasteiger charge is 2.17. The number of fused-ring (bicyclic) bond motifs is 1. The first-order valence-corrected chi connectivity index (χ1v) is 11.7. The summed E-state index contributed by atoms with van der Waals surface area (Å²) in [6.45, 7) is 2.05. The molecule has 6 nitrogen and oxygen atoms in total. The number of halogens is 1. The Hall–Kier alpha value is -2.94.